The molecule has 0 aromatic heterocycles. The van der Waals surface area contributed by atoms with E-state index in [1.54, 1.807) is 11.9 Å². The van der Waals surface area contributed by atoms with Gasteiger partial charge in [0.05, 0.1) is 0 Å². The summed E-state index contributed by atoms with van der Waals surface area (Å²) in [5, 5.41) is 0. The molecule has 1 aromatic rings. The van der Waals surface area contributed by atoms with E-state index in [1.807, 2.05) is 49.9 Å². The first kappa shape index (κ1) is 20.2. The van der Waals surface area contributed by atoms with E-state index in [0.717, 1.165) is 43.7 Å². The molecule has 26 heavy (non-hydrogen) atoms. The second kappa shape index (κ2) is 8.54. The van der Waals surface area contributed by atoms with Crippen LogP contribution in [0.4, 0.5) is 4.79 Å². The first-order valence-electron chi connectivity index (χ1n) is 9.16. The van der Waals surface area contributed by atoms with Crippen molar-refractivity contribution in [1.82, 2.24) is 14.7 Å². The molecule has 1 saturated heterocycles. The largest absolute Gasteiger partial charge is 0.444 e. The van der Waals surface area contributed by atoms with Crippen LogP contribution in [0.1, 0.15) is 36.7 Å². The van der Waals surface area contributed by atoms with Gasteiger partial charge in [0.15, 0.2) is 0 Å². The van der Waals surface area contributed by atoms with Gasteiger partial charge in [-0.3, -0.25) is 4.79 Å². The van der Waals surface area contributed by atoms with E-state index in [1.165, 1.54) is 0 Å². The van der Waals surface area contributed by atoms with E-state index in [-0.39, 0.29) is 12.0 Å². The first-order chi connectivity index (χ1) is 12.2. The van der Waals surface area contributed by atoms with E-state index < -0.39 is 5.60 Å². The fraction of sp³-hybridized carbons (Fsp3) is 0.600. The number of hydrogen-bond donors (Lipinski definition) is 0. The molecule has 0 N–H and O–H groups in total. The highest BCUT2D eigenvalue weighted by molar-refractivity contribution is 5.94. The average molecular weight is 361 g/mol. The first-order valence-corrected chi connectivity index (χ1v) is 9.16. The lowest BCUT2D eigenvalue weighted by molar-refractivity contribution is 0.0300. The van der Waals surface area contributed by atoms with Crippen molar-refractivity contribution in [3.63, 3.8) is 0 Å². The normalized spacial score (nSPS) is 15.7. The zero-order valence-electron chi connectivity index (χ0n) is 16.6. The van der Waals surface area contributed by atoms with Crippen LogP contribution in [0, 0.1) is 0 Å². The lowest BCUT2D eigenvalue weighted by Gasteiger charge is -2.32. The topological polar surface area (TPSA) is 53.1 Å². The summed E-state index contributed by atoms with van der Waals surface area (Å²) < 4.78 is 5.35. The van der Waals surface area contributed by atoms with Gasteiger partial charge in [-0.15, -0.1) is 0 Å². The number of nitrogens with zero attached hydrogens (tertiary/aromatic N) is 3. The number of rotatable bonds is 4. The van der Waals surface area contributed by atoms with Gasteiger partial charge < -0.3 is 19.4 Å². The second-order valence-electron chi connectivity index (χ2n) is 7.94. The van der Waals surface area contributed by atoms with Crippen molar-refractivity contribution in [3.8, 4) is 0 Å². The summed E-state index contributed by atoms with van der Waals surface area (Å²) in [4.78, 5) is 30.2. The van der Waals surface area contributed by atoms with E-state index in [0.29, 0.717) is 6.54 Å². The predicted molar refractivity (Wildman–Crippen MR) is 102 cm³/mol. The van der Waals surface area contributed by atoms with Gasteiger partial charge in [-0.25, -0.2) is 4.79 Å². The van der Waals surface area contributed by atoms with Crippen LogP contribution in [0.25, 0.3) is 0 Å². The van der Waals surface area contributed by atoms with Crippen molar-refractivity contribution >= 4 is 12.0 Å². The Balaban J connectivity index is 1.85. The van der Waals surface area contributed by atoms with Crippen molar-refractivity contribution in [1.29, 1.82) is 0 Å². The number of likely N-dealkylation sites (N-methyl/N-ethyl adjacent to an activating group) is 2. The number of ether oxygens (including phenoxy) is 1. The molecule has 6 heteroatoms. The molecule has 0 saturated carbocycles. The van der Waals surface area contributed by atoms with Gasteiger partial charge >= 0.3 is 6.09 Å². The van der Waals surface area contributed by atoms with Crippen LogP contribution in [0.2, 0.25) is 0 Å². The molecule has 1 aliphatic rings. The Hall–Kier alpha value is -2.08. The second-order valence-corrected chi connectivity index (χ2v) is 7.94. The monoisotopic (exact) mass is 361 g/mol. The van der Waals surface area contributed by atoms with Gasteiger partial charge in [-0.2, -0.15) is 0 Å². The van der Waals surface area contributed by atoms with Crippen LogP contribution >= 0.6 is 0 Å². The van der Waals surface area contributed by atoms with E-state index in [4.69, 9.17) is 4.74 Å². The minimum Gasteiger partial charge on any atom is -0.444 e. The Morgan fingerprint density at radius 3 is 2.19 bits per heavy atom. The van der Waals surface area contributed by atoms with E-state index in [2.05, 4.69) is 11.9 Å². The Labute approximate surface area is 156 Å². The third kappa shape index (κ3) is 6.02. The Kier molecular flexibility index (Phi) is 6.64. The van der Waals surface area contributed by atoms with Crippen molar-refractivity contribution in [2.75, 3.05) is 46.8 Å². The maximum Gasteiger partial charge on any atom is 0.410 e. The minimum absolute atomic E-state index is 0.0931. The Bertz CT molecular complexity index is 614. The molecule has 0 atom stereocenters. The van der Waals surface area contributed by atoms with Crippen LogP contribution in [-0.4, -0.2) is 79.1 Å². The molecular weight excluding hydrogens is 330 g/mol. The molecule has 2 rings (SSSR count). The van der Waals surface area contributed by atoms with Crippen molar-refractivity contribution in [2.24, 2.45) is 0 Å². The molecule has 0 bridgehead atoms. The maximum absolute atomic E-state index is 12.5. The molecule has 6 nitrogen and oxygen atoms in total. The van der Waals surface area contributed by atoms with Crippen LogP contribution in [0.5, 0.6) is 0 Å². The molecule has 0 aliphatic carbocycles. The number of carbonyl (C=O) groups is 2. The van der Waals surface area contributed by atoms with Crippen molar-refractivity contribution in [2.45, 2.75) is 32.8 Å². The molecule has 1 aromatic carbocycles. The molecule has 1 aliphatic heterocycles. The van der Waals surface area contributed by atoms with Gasteiger partial charge in [-0.05, 0) is 51.9 Å². The molecule has 0 spiro atoms. The van der Waals surface area contributed by atoms with Gasteiger partial charge in [0.25, 0.3) is 5.91 Å². The SMILES string of the molecule is CN1CCN(C(=O)c2ccc(CCN(C)C(=O)OC(C)(C)C)cc2)CC1. The third-order valence-corrected chi connectivity index (χ3v) is 4.43. The summed E-state index contributed by atoms with van der Waals surface area (Å²) in [6.45, 7) is 9.52. The number of benzene rings is 1. The summed E-state index contributed by atoms with van der Waals surface area (Å²) in [6, 6.07) is 7.69. The molecule has 0 unspecified atom stereocenters. The lowest BCUT2D eigenvalue weighted by Crippen LogP contribution is -2.47. The van der Waals surface area contributed by atoms with E-state index >= 15 is 0 Å². The predicted octanol–water partition coefficient (Wildman–Crippen LogP) is 2.48. The average Bonchev–Trinajstić information content (AvgIpc) is 2.58. The summed E-state index contributed by atoms with van der Waals surface area (Å²) in [6.07, 6.45) is 0.401. The molecule has 2 amide bonds. The maximum atomic E-state index is 12.5. The molecule has 1 fully saturated rings. The van der Waals surface area contributed by atoms with Gasteiger partial charge in [-0.1, -0.05) is 12.1 Å². The van der Waals surface area contributed by atoms with Gasteiger partial charge in [0, 0.05) is 45.3 Å². The number of piperazine rings is 1. The van der Waals surface area contributed by atoms with Crippen LogP contribution < -0.4 is 0 Å². The zero-order chi connectivity index (χ0) is 19.3. The fourth-order valence-electron chi connectivity index (χ4n) is 2.73. The lowest BCUT2D eigenvalue weighted by atomic mass is 10.1. The molecule has 1 heterocycles. The number of carbonyl (C=O) groups excluding carboxylic acids is 2. The third-order valence-electron chi connectivity index (χ3n) is 4.43. The molecular formula is C20H31N3O3. The standard InChI is InChI=1S/C20H31N3O3/c1-20(2,3)26-19(25)22(5)11-10-16-6-8-17(9-7-16)18(24)23-14-12-21(4)13-15-23/h6-9H,10-15H2,1-5H3. The summed E-state index contributed by atoms with van der Waals surface area (Å²) in [5.41, 5.74) is 1.32. The molecule has 0 radical (unpaired) electrons. The smallest absolute Gasteiger partial charge is 0.410 e. The van der Waals surface area contributed by atoms with Gasteiger partial charge in [0.2, 0.25) is 0 Å². The zero-order valence-corrected chi connectivity index (χ0v) is 16.6. The highest BCUT2D eigenvalue weighted by Crippen LogP contribution is 2.12. The highest BCUT2D eigenvalue weighted by atomic mass is 16.6. The van der Waals surface area contributed by atoms with Crippen molar-refractivity contribution < 1.29 is 14.3 Å². The highest BCUT2D eigenvalue weighted by Gasteiger charge is 2.21. The number of hydrogen-bond acceptors (Lipinski definition) is 4. The van der Waals surface area contributed by atoms with Crippen LogP contribution in [-0.2, 0) is 11.2 Å². The summed E-state index contributed by atoms with van der Waals surface area (Å²) in [5.74, 6) is 0.0931. The quantitative estimate of drug-likeness (QED) is 0.827. The van der Waals surface area contributed by atoms with Crippen molar-refractivity contribution in [3.05, 3.63) is 35.4 Å². The van der Waals surface area contributed by atoms with Crippen LogP contribution in [0.15, 0.2) is 24.3 Å². The molecule has 144 valence electrons. The Morgan fingerprint density at radius 2 is 1.65 bits per heavy atom. The van der Waals surface area contributed by atoms with E-state index in [9.17, 15) is 9.59 Å². The number of amides is 2. The minimum atomic E-state index is -0.489. The fourth-order valence-corrected chi connectivity index (χ4v) is 2.73. The van der Waals surface area contributed by atoms with Crippen LogP contribution in [0.3, 0.4) is 0 Å². The van der Waals surface area contributed by atoms with Gasteiger partial charge in [0.1, 0.15) is 5.60 Å². The summed E-state index contributed by atoms with van der Waals surface area (Å²) >= 11 is 0. The Morgan fingerprint density at radius 1 is 1.08 bits per heavy atom. The summed E-state index contributed by atoms with van der Waals surface area (Å²) in [7, 11) is 3.81.